The molecule has 5 aliphatic rings. The number of anilines is 2. The van der Waals surface area contributed by atoms with Gasteiger partial charge in [-0.05, 0) is 161 Å². The van der Waals surface area contributed by atoms with Gasteiger partial charge < -0.3 is 9.38 Å². The lowest BCUT2D eigenvalue weighted by molar-refractivity contribution is 0.331. The van der Waals surface area contributed by atoms with Crippen molar-refractivity contribution in [2.45, 2.75) is 116 Å². The third-order valence-corrected chi connectivity index (χ3v) is 19.7. The highest BCUT2D eigenvalue weighted by Crippen LogP contribution is 2.59. The van der Waals surface area contributed by atoms with Crippen molar-refractivity contribution in [3.8, 4) is 39.1 Å². The highest BCUT2D eigenvalue weighted by Gasteiger charge is 2.48. The topological polar surface area (TPSA) is 8.17 Å². The van der Waals surface area contributed by atoms with E-state index in [1.807, 2.05) is 11.3 Å². The van der Waals surface area contributed by atoms with E-state index in [1.54, 1.807) is 5.56 Å². The first kappa shape index (κ1) is 41.4. The zero-order valence-corrected chi connectivity index (χ0v) is 43.3. The average Bonchev–Trinajstić information content (AvgIpc) is 4.01. The number of hydrogen-bond donors (Lipinski definition) is 0. The van der Waals surface area contributed by atoms with Crippen molar-refractivity contribution in [3.63, 3.8) is 0 Å². The Hall–Kier alpha value is -6.36. The number of fused-ring (bicyclic) bond motifs is 19. The van der Waals surface area contributed by atoms with Crippen LogP contribution in [0.5, 0.6) is 0 Å². The minimum atomic E-state index is -0.168. The molecule has 4 heterocycles. The first-order chi connectivity index (χ1) is 33.3. The summed E-state index contributed by atoms with van der Waals surface area (Å²) in [6.45, 7) is 26.6. The van der Waals surface area contributed by atoms with Crippen LogP contribution in [0.3, 0.4) is 0 Å². The van der Waals surface area contributed by atoms with Crippen LogP contribution >= 0.6 is 11.3 Å². The largest absolute Gasteiger partial charge is 0.376 e. The van der Waals surface area contributed by atoms with Gasteiger partial charge in [-0.3, -0.25) is 0 Å². The van der Waals surface area contributed by atoms with E-state index in [2.05, 4.69) is 219 Å². The number of nitrogens with zero attached hydrogens (tertiary/aromatic N) is 2. The molecule has 0 amide bonds. The SMILES string of the molecule is CC(C)(C)c1ccc(N2B3c4cc5sc6ccccc6c5cc4-n4c5ccc6c(c5c5ccc(c3c54)-c3cc4c(cc32)-c2cc3c(cc2C4(C)C)C(C)(C)CCC3(C)C)-c2ccccc2C6(C)C)cc1. The van der Waals surface area contributed by atoms with Crippen LogP contribution in [-0.2, 0) is 27.1 Å². The fraction of sp³-hybridized carbons (Fsp3) is 0.273. The second-order valence-corrected chi connectivity index (χ2v) is 26.2. The molecule has 2 aromatic heterocycles. The van der Waals surface area contributed by atoms with Crippen molar-refractivity contribution >= 4 is 82.5 Å². The van der Waals surface area contributed by atoms with Gasteiger partial charge in [-0.2, -0.15) is 0 Å². The van der Waals surface area contributed by atoms with Gasteiger partial charge in [0, 0.05) is 64.4 Å². The van der Waals surface area contributed by atoms with Gasteiger partial charge in [-0.25, -0.2) is 0 Å². The van der Waals surface area contributed by atoms with Crippen molar-refractivity contribution in [2.75, 3.05) is 4.81 Å². The van der Waals surface area contributed by atoms with Gasteiger partial charge in [-0.15, -0.1) is 11.3 Å². The summed E-state index contributed by atoms with van der Waals surface area (Å²) in [5, 5.41) is 5.40. The molecule has 0 unspecified atom stereocenters. The van der Waals surface area contributed by atoms with Crippen LogP contribution in [0, 0.1) is 0 Å². The highest BCUT2D eigenvalue weighted by molar-refractivity contribution is 7.26. The molecule has 0 bridgehead atoms. The molecule has 0 saturated heterocycles. The summed E-state index contributed by atoms with van der Waals surface area (Å²) in [6.07, 6.45) is 2.41. The van der Waals surface area contributed by atoms with Crippen molar-refractivity contribution in [2.24, 2.45) is 0 Å². The van der Waals surface area contributed by atoms with E-state index >= 15 is 0 Å². The van der Waals surface area contributed by atoms with Crippen LogP contribution in [0.2, 0.25) is 0 Å². The van der Waals surface area contributed by atoms with Crippen LogP contribution in [-0.4, -0.2) is 11.4 Å². The van der Waals surface area contributed by atoms with Crippen LogP contribution in [0.15, 0.2) is 133 Å². The standard InChI is InChI=1S/C66H59BN2S/c1-62(2,3)36-20-22-37(23-21-36)69-54-32-43-42-30-50-51(64(6,7)29-28-63(50,4)5)34-49(42)66(10,11)48(43)31-44(54)39-24-25-41-59-53(27-26-47-58(59)40-17-12-14-18-46(40)65(47,8)9)68-55-33-45-38-16-13-15-19-56(38)70-57(45)35-52(55)67(69)60(39)61(41)68/h12-27,30-35H,28-29H2,1-11H3. The predicted octanol–water partition coefficient (Wildman–Crippen LogP) is 16.6. The van der Waals surface area contributed by atoms with Gasteiger partial charge >= 0.3 is 6.85 Å². The van der Waals surface area contributed by atoms with Gasteiger partial charge in [0.15, 0.2) is 0 Å². The molecule has 3 aliphatic carbocycles. The smallest absolute Gasteiger partial charge is 0.333 e. The Morgan fingerprint density at radius 1 is 0.500 bits per heavy atom. The maximum atomic E-state index is 2.77. The monoisotopic (exact) mass is 922 g/mol. The first-order valence-corrected chi connectivity index (χ1v) is 26.6. The second kappa shape index (κ2) is 12.9. The molecule has 0 radical (unpaired) electrons. The van der Waals surface area contributed by atoms with Crippen molar-refractivity contribution in [1.29, 1.82) is 0 Å². The predicted molar refractivity (Wildman–Crippen MR) is 302 cm³/mol. The van der Waals surface area contributed by atoms with E-state index in [-0.39, 0.29) is 33.9 Å². The summed E-state index contributed by atoms with van der Waals surface area (Å²) in [5.74, 6) is 0. The molecule has 15 rings (SSSR count). The molecule has 0 N–H and O–H groups in total. The van der Waals surface area contributed by atoms with Gasteiger partial charge in [0.2, 0.25) is 0 Å². The molecule has 8 aromatic carbocycles. The van der Waals surface area contributed by atoms with Crippen LogP contribution in [0.4, 0.5) is 11.4 Å². The minimum absolute atomic E-state index is 0.0350. The molecule has 10 aromatic rings. The summed E-state index contributed by atoms with van der Waals surface area (Å²) in [5.41, 5.74) is 27.7. The molecule has 2 aliphatic heterocycles. The molecule has 0 fully saturated rings. The maximum Gasteiger partial charge on any atom is 0.333 e. The Morgan fingerprint density at radius 2 is 1.17 bits per heavy atom. The summed E-state index contributed by atoms with van der Waals surface area (Å²) >= 11 is 1.94. The Balaban J connectivity index is 1.09. The van der Waals surface area contributed by atoms with E-state index in [1.165, 1.54) is 150 Å². The van der Waals surface area contributed by atoms with Crippen LogP contribution in [0.25, 0.3) is 81.0 Å². The molecular formula is C66H59BN2S. The summed E-state index contributed by atoms with van der Waals surface area (Å²) in [7, 11) is 0. The Bertz CT molecular complexity index is 4050. The molecule has 0 atom stereocenters. The maximum absolute atomic E-state index is 2.77. The van der Waals surface area contributed by atoms with E-state index < -0.39 is 0 Å². The fourth-order valence-corrected chi connectivity index (χ4v) is 15.7. The fourth-order valence-electron chi connectivity index (χ4n) is 14.6. The van der Waals surface area contributed by atoms with E-state index in [0.717, 1.165) is 0 Å². The Labute approximate surface area is 417 Å². The van der Waals surface area contributed by atoms with Crippen molar-refractivity contribution < 1.29 is 0 Å². The van der Waals surface area contributed by atoms with Crippen molar-refractivity contribution in [1.82, 2.24) is 4.57 Å². The quantitative estimate of drug-likeness (QED) is 0.149. The molecule has 2 nitrogen and oxygen atoms in total. The molecule has 70 heavy (non-hydrogen) atoms. The van der Waals surface area contributed by atoms with Gasteiger partial charge in [-0.1, -0.05) is 155 Å². The zero-order chi connectivity index (χ0) is 47.9. The molecule has 342 valence electrons. The lowest BCUT2D eigenvalue weighted by Crippen LogP contribution is -2.60. The number of benzene rings is 8. The summed E-state index contributed by atoms with van der Waals surface area (Å²) < 4.78 is 5.38. The lowest BCUT2D eigenvalue weighted by Gasteiger charge is -2.42. The minimum Gasteiger partial charge on any atom is -0.376 e. The molecule has 0 spiro atoms. The van der Waals surface area contributed by atoms with Crippen LogP contribution in [0.1, 0.15) is 128 Å². The number of aromatic nitrogens is 1. The van der Waals surface area contributed by atoms with Gasteiger partial charge in [0.05, 0.1) is 11.0 Å². The summed E-state index contributed by atoms with van der Waals surface area (Å²) in [6, 6.07) is 53.5. The second-order valence-electron chi connectivity index (χ2n) is 25.1. The molecule has 0 saturated carbocycles. The Kier molecular flexibility index (Phi) is 7.66. The zero-order valence-electron chi connectivity index (χ0n) is 42.5. The van der Waals surface area contributed by atoms with Gasteiger partial charge in [0.25, 0.3) is 0 Å². The molecule has 4 heteroatoms. The third-order valence-electron chi connectivity index (χ3n) is 18.6. The number of hydrogen-bond acceptors (Lipinski definition) is 2. The average molecular weight is 923 g/mol. The first-order valence-electron chi connectivity index (χ1n) is 25.8. The van der Waals surface area contributed by atoms with Crippen LogP contribution < -0.4 is 15.7 Å². The molecular weight excluding hydrogens is 864 g/mol. The van der Waals surface area contributed by atoms with Crippen molar-refractivity contribution in [3.05, 3.63) is 172 Å². The lowest BCUT2D eigenvalue weighted by atomic mass is 9.44. The third kappa shape index (κ3) is 5.01. The Morgan fingerprint density at radius 3 is 1.94 bits per heavy atom. The van der Waals surface area contributed by atoms with E-state index in [0.29, 0.717) is 0 Å². The van der Waals surface area contributed by atoms with Gasteiger partial charge in [0.1, 0.15) is 0 Å². The van der Waals surface area contributed by atoms with E-state index in [9.17, 15) is 0 Å². The number of rotatable bonds is 1. The number of thiophene rings is 1. The summed E-state index contributed by atoms with van der Waals surface area (Å²) in [4.78, 5) is 2.77. The highest BCUT2D eigenvalue weighted by atomic mass is 32.1. The van der Waals surface area contributed by atoms with E-state index in [4.69, 9.17) is 0 Å². The normalized spacial score (nSPS) is 17.9.